The van der Waals surface area contributed by atoms with Crippen molar-refractivity contribution in [2.45, 2.75) is 6.54 Å². The molecule has 0 atom stereocenters. The van der Waals surface area contributed by atoms with Crippen LogP contribution in [0.15, 0.2) is 36.8 Å². The molecule has 1 aromatic heterocycles. The van der Waals surface area contributed by atoms with Crippen LogP contribution in [0.5, 0.6) is 0 Å². The average Bonchev–Trinajstić information content (AvgIpc) is 2.76. The number of nitrogens with one attached hydrogen (secondary N) is 1. The zero-order chi connectivity index (χ0) is 12.3. The standard InChI is InChI=1S/C12H14N4O/c1-16-8-14-7-11(16)12(17)15-10-4-2-3-9(5-10)6-13/h2-5,7-8H,6,13H2,1H3,(H,15,17). The maximum Gasteiger partial charge on any atom is 0.273 e. The molecule has 2 rings (SSSR count). The van der Waals surface area contributed by atoms with Crippen LogP contribution in [-0.4, -0.2) is 15.5 Å². The Bertz CT molecular complexity index is 533. The number of rotatable bonds is 3. The maximum atomic E-state index is 11.9. The van der Waals surface area contributed by atoms with E-state index in [1.165, 1.54) is 6.20 Å². The largest absolute Gasteiger partial charge is 0.330 e. The molecule has 5 heteroatoms. The molecule has 0 aliphatic rings. The lowest BCUT2D eigenvalue weighted by Crippen LogP contribution is -2.15. The highest BCUT2D eigenvalue weighted by Gasteiger charge is 2.09. The van der Waals surface area contributed by atoms with Crippen LogP contribution in [0.25, 0.3) is 0 Å². The van der Waals surface area contributed by atoms with E-state index in [9.17, 15) is 4.79 Å². The first-order valence-corrected chi connectivity index (χ1v) is 5.27. The van der Waals surface area contributed by atoms with Crippen molar-refractivity contribution in [1.82, 2.24) is 9.55 Å². The van der Waals surface area contributed by atoms with Crippen LogP contribution in [0, 0.1) is 0 Å². The van der Waals surface area contributed by atoms with Gasteiger partial charge in [-0.3, -0.25) is 4.79 Å². The normalized spacial score (nSPS) is 10.2. The number of nitrogens with zero attached hydrogens (tertiary/aromatic N) is 2. The summed E-state index contributed by atoms with van der Waals surface area (Å²) >= 11 is 0. The van der Waals surface area contributed by atoms with E-state index in [1.807, 2.05) is 24.3 Å². The van der Waals surface area contributed by atoms with E-state index in [0.717, 1.165) is 11.3 Å². The number of aryl methyl sites for hydroxylation is 1. The van der Waals surface area contributed by atoms with Gasteiger partial charge in [0.15, 0.2) is 0 Å². The minimum atomic E-state index is -0.181. The molecule has 0 spiro atoms. The third-order valence-corrected chi connectivity index (χ3v) is 2.47. The van der Waals surface area contributed by atoms with E-state index in [-0.39, 0.29) is 5.91 Å². The SMILES string of the molecule is Cn1cncc1C(=O)Nc1cccc(CN)c1. The van der Waals surface area contributed by atoms with Crippen LogP contribution < -0.4 is 11.1 Å². The Morgan fingerprint density at radius 2 is 2.35 bits per heavy atom. The van der Waals surface area contributed by atoms with Crippen molar-refractivity contribution in [3.8, 4) is 0 Å². The fraction of sp³-hybridized carbons (Fsp3) is 0.167. The Kier molecular flexibility index (Phi) is 3.20. The van der Waals surface area contributed by atoms with Crippen molar-refractivity contribution in [3.63, 3.8) is 0 Å². The van der Waals surface area contributed by atoms with Gasteiger partial charge in [0.1, 0.15) is 5.69 Å². The number of aromatic nitrogens is 2. The third kappa shape index (κ3) is 2.51. The molecule has 0 bridgehead atoms. The number of amides is 1. The summed E-state index contributed by atoms with van der Waals surface area (Å²) in [5, 5.41) is 2.80. The smallest absolute Gasteiger partial charge is 0.273 e. The van der Waals surface area contributed by atoms with Crippen LogP contribution in [-0.2, 0) is 13.6 Å². The fourth-order valence-electron chi connectivity index (χ4n) is 1.55. The Morgan fingerprint density at radius 1 is 1.53 bits per heavy atom. The van der Waals surface area contributed by atoms with Gasteiger partial charge in [0, 0.05) is 19.3 Å². The second-order valence-corrected chi connectivity index (χ2v) is 3.75. The minimum Gasteiger partial charge on any atom is -0.330 e. The molecule has 1 amide bonds. The van der Waals surface area contributed by atoms with Gasteiger partial charge in [-0.2, -0.15) is 0 Å². The Balaban J connectivity index is 2.16. The van der Waals surface area contributed by atoms with Gasteiger partial charge in [-0.15, -0.1) is 0 Å². The van der Waals surface area contributed by atoms with Gasteiger partial charge in [0.25, 0.3) is 5.91 Å². The number of carbonyl (C=O) groups is 1. The Morgan fingerprint density at radius 3 is 3.00 bits per heavy atom. The summed E-state index contributed by atoms with van der Waals surface area (Å²) in [6, 6.07) is 7.46. The summed E-state index contributed by atoms with van der Waals surface area (Å²) < 4.78 is 1.67. The molecule has 0 unspecified atom stereocenters. The molecule has 88 valence electrons. The molecule has 3 N–H and O–H groups in total. The van der Waals surface area contributed by atoms with Crippen molar-refractivity contribution in [1.29, 1.82) is 0 Å². The maximum absolute atomic E-state index is 11.9. The monoisotopic (exact) mass is 230 g/mol. The van der Waals surface area contributed by atoms with Gasteiger partial charge >= 0.3 is 0 Å². The number of hydrogen-bond donors (Lipinski definition) is 2. The summed E-state index contributed by atoms with van der Waals surface area (Å²) in [5.41, 5.74) is 7.77. The fourth-order valence-corrected chi connectivity index (χ4v) is 1.55. The molecule has 0 saturated heterocycles. The highest BCUT2D eigenvalue weighted by molar-refractivity contribution is 6.02. The van der Waals surface area contributed by atoms with Gasteiger partial charge in [0.2, 0.25) is 0 Å². The summed E-state index contributed by atoms with van der Waals surface area (Å²) in [7, 11) is 1.78. The zero-order valence-electron chi connectivity index (χ0n) is 9.55. The quantitative estimate of drug-likeness (QED) is 0.830. The van der Waals surface area contributed by atoms with Crippen molar-refractivity contribution < 1.29 is 4.79 Å². The first-order valence-electron chi connectivity index (χ1n) is 5.27. The molecule has 5 nitrogen and oxygen atoms in total. The predicted octanol–water partition coefficient (Wildman–Crippen LogP) is 1.13. The van der Waals surface area contributed by atoms with E-state index < -0.39 is 0 Å². The summed E-state index contributed by atoms with van der Waals surface area (Å²) in [5.74, 6) is -0.181. The topological polar surface area (TPSA) is 72.9 Å². The number of hydrogen-bond acceptors (Lipinski definition) is 3. The molecule has 0 aliphatic heterocycles. The molecule has 1 heterocycles. The van der Waals surface area contributed by atoms with Gasteiger partial charge < -0.3 is 15.6 Å². The van der Waals surface area contributed by atoms with E-state index >= 15 is 0 Å². The molecule has 2 aromatic rings. The van der Waals surface area contributed by atoms with Crippen molar-refractivity contribution in [2.24, 2.45) is 12.8 Å². The van der Waals surface area contributed by atoms with Gasteiger partial charge in [0.05, 0.1) is 12.5 Å². The number of imidazole rings is 1. The van der Waals surface area contributed by atoms with Crippen LogP contribution >= 0.6 is 0 Å². The second-order valence-electron chi connectivity index (χ2n) is 3.75. The summed E-state index contributed by atoms with van der Waals surface area (Å²) in [6.45, 7) is 0.454. The number of nitrogens with two attached hydrogens (primary N) is 1. The van der Waals surface area contributed by atoms with Crippen LogP contribution in [0.2, 0.25) is 0 Å². The van der Waals surface area contributed by atoms with E-state index in [0.29, 0.717) is 12.2 Å². The lowest BCUT2D eigenvalue weighted by Gasteiger charge is -2.06. The molecule has 1 aromatic carbocycles. The van der Waals surface area contributed by atoms with Gasteiger partial charge in [-0.25, -0.2) is 4.98 Å². The second kappa shape index (κ2) is 4.80. The molecule has 0 fully saturated rings. The first kappa shape index (κ1) is 11.3. The van der Waals surface area contributed by atoms with Gasteiger partial charge in [-0.05, 0) is 17.7 Å². The highest BCUT2D eigenvalue weighted by atomic mass is 16.1. The van der Waals surface area contributed by atoms with Crippen molar-refractivity contribution >= 4 is 11.6 Å². The molecular formula is C12H14N4O. The Hall–Kier alpha value is -2.14. The summed E-state index contributed by atoms with van der Waals surface area (Å²) in [4.78, 5) is 15.8. The molecule has 17 heavy (non-hydrogen) atoms. The number of carbonyl (C=O) groups excluding carboxylic acids is 1. The third-order valence-electron chi connectivity index (χ3n) is 2.47. The van der Waals surface area contributed by atoms with E-state index in [1.54, 1.807) is 17.9 Å². The van der Waals surface area contributed by atoms with Crippen molar-refractivity contribution in [3.05, 3.63) is 48.0 Å². The lowest BCUT2D eigenvalue weighted by atomic mass is 10.2. The zero-order valence-corrected chi connectivity index (χ0v) is 9.55. The average molecular weight is 230 g/mol. The molecule has 0 radical (unpaired) electrons. The van der Waals surface area contributed by atoms with Crippen LogP contribution in [0.1, 0.15) is 16.1 Å². The van der Waals surface area contributed by atoms with Crippen LogP contribution in [0.3, 0.4) is 0 Å². The first-order chi connectivity index (χ1) is 8.20. The van der Waals surface area contributed by atoms with E-state index in [4.69, 9.17) is 5.73 Å². The van der Waals surface area contributed by atoms with Crippen LogP contribution in [0.4, 0.5) is 5.69 Å². The minimum absolute atomic E-state index is 0.181. The predicted molar refractivity (Wildman–Crippen MR) is 65.5 cm³/mol. The van der Waals surface area contributed by atoms with E-state index in [2.05, 4.69) is 10.3 Å². The molecular weight excluding hydrogens is 216 g/mol. The Labute approximate surface area is 99.3 Å². The molecule has 0 aliphatic carbocycles. The van der Waals surface area contributed by atoms with Gasteiger partial charge in [-0.1, -0.05) is 12.1 Å². The lowest BCUT2D eigenvalue weighted by molar-refractivity contribution is 0.101. The summed E-state index contributed by atoms with van der Waals surface area (Å²) in [6.07, 6.45) is 3.12. The highest BCUT2D eigenvalue weighted by Crippen LogP contribution is 2.11. The number of anilines is 1. The van der Waals surface area contributed by atoms with Crippen molar-refractivity contribution in [2.75, 3.05) is 5.32 Å². The molecule has 0 saturated carbocycles. The number of benzene rings is 1.